The van der Waals surface area contributed by atoms with Crippen LogP contribution in [0.3, 0.4) is 0 Å². The van der Waals surface area contributed by atoms with E-state index in [0.29, 0.717) is 27.4 Å². The maximum Gasteiger partial charge on any atom is 0.271 e. The summed E-state index contributed by atoms with van der Waals surface area (Å²) < 4.78 is 5.74. The van der Waals surface area contributed by atoms with Crippen LogP contribution in [-0.4, -0.2) is 15.8 Å². The third-order valence-electron chi connectivity index (χ3n) is 4.32. The number of nitrogens with zero attached hydrogens (tertiary/aromatic N) is 2. The molecule has 0 spiro atoms. The summed E-state index contributed by atoms with van der Waals surface area (Å²) in [7, 11) is 0. The molecule has 4 rings (SSSR count). The Balaban J connectivity index is 1.61. The first kappa shape index (κ1) is 19.4. The Morgan fingerprint density at radius 1 is 1.10 bits per heavy atom. The smallest absolute Gasteiger partial charge is 0.271 e. The van der Waals surface area contributed by atoms with Gasteiger partial charge in [-0.1, -0.05) is 41.9 Å². The highest BCUT2D eigenvalue weighted by molar-refractivity contribution is 6.32. The lowest BCUT2D eigenvalue weighted by Crippen LogP contribution is -2.08. The maximum atomic E-state index is 12.4. The molecule has 1 N–H and O–H groups in total. The molecule has 0 fully saturated rings. The molecule has 0 unspecified atom stereocenters. The van der Waals surface area contributed by atoms with E-state index in [0.717, 1.165) is 5.56 Å². The van der Waals surface area contributed by atoms with Gasteiger partial charge < -0.3 is 9.73 Å². The van der Waals surface area contributed by atoms with Crippen LogP contribution in [0.4, 0.5) is 11.4 Å². The van der Waals surface area contributed by atoms with Crippen molar-refractivity contribution in [1.82, 2.24) is 4.98 Å². The predicted molar refractivity (Wildman–Crippen MR) is 115 cm³/mol. The summed E-state index contributed by atoms with van der Waals surface area (Å²) >= 11 is 6.10. The number of nitro benzene ring substituents is 1. The number of oxazole rings is 1. The monoisotopic (exact) mass is 419 g/mol. The quantitative estimate of drug-likeness (QED) is 0.254. The summed E-state index contributed by atoms with van der Waals surface area (Å²) in [4.78, 5) is 27.2. The summed E-state index contributed by atoms with van der Waals surface area (Å²) in [6.07, 6.45) is 3.01. The molecule has 1 heterocycles. The number of nitrogens with one attached hydrogen (secondary N) is 1. The molecule has 30 heavy (non-hydrogen) atoms. The van der Waals surface area contributed by atoms with Crippen LogP contribution in [0.2, 0.25) is 5.02 Å². The van der Waals surface area contributed by atoms with Crippen LogP contribution in [0.1, 0.15) is 5.56 Å². The molecular formula is C22H14ClN3O4. The van der Waals surface area contributed by atoms with Crippen LogP contribution in [-0.2, 0) is 4.79 Å². The topological polar surface area (TPSA) is 98.3 Å². The van der Waals surface area contributed by atoms with Gasteiger partial charge in [0.1, 0.15) is 5.52 Å². The van der Waals surface area contributed by atoms with Crippen LogP contribution in [0.15, 0.2) is 77.2 Å². The van der Waals surface area contributed by atoms with Gasteiger partial charge in [0.05, 0.1) is 16.2 Å². The summed E-state index contributed by atoms with van der Waals surface area (Å²) in [5.41, 5.74) is 2.47. The Morgan fingerprint density at radius 3 is 2.67 bits per heavy atom. The first-order valence-corrected chi connectivity index (χ1v) is 9.27. The highest BCUT2D eigenvalue weighted by atomic mass is 35.5. The standard InChI is InChI=1S/C22H14ClN3O4/c23-17-7-3-1-5-14(17)9-12-21(27)24-18-8-4-2-6-16(18)22-25-19-13-15(26(28)29)10-11-20(19)30-22/h1-13H,(H,24,27). The molecule has 7 nitrogen and oxygen atoms in total. The zero-order chi connectivity index (χ0) is 21.1. The van der Waals surface area contributed by atoms with Crippen LogP contribution in [0.25, 0.3) is 28.6 Å². The van der Waals surface area contributed by atoms with Crippen molar-refractivity contribution in [3.63, 3.8) is 0 Å². The van der Waals surface area contributed by atoms with Gasteiger partial charge >= 0.3 is 0 Å². The highest BCUT2D eigenvalue weighted by Gasteiger charge is 2.15. The molecule has 0 saturated heterocycles. The summed E-state index contributed by atoms with van der Waals surface area (Å²) in [6.45, 7) is 0. The minimum absolute atomic E-state index is 0.0753. The number of halogens is 1. The van der Waals surface area contributed by atoms with Gasteiger partial charge in [-0.15, -0.1) is 0 Å². The number of anilines is 1. The van der Waals surface area contributed by atoms with Crippen LogP contribution >= 0.6 is 11.6 Å². The third-order valence-corrected chi connectivity index (χ3v) is 4.66. The van der Waals surface area contributed by atoms with E-state index < -0.39 is 4.92 Å². The number of hydrogen-bond donors (Lipinski definition) is 1. The van der Waals surface area contributed by atoms with Crippen LogP contribution in [0, 0.1) is 10.1 Å². The van der Waals surface area contributed by atoms with Crippen molar-refractivity contribution in [3.05, 3.63) is 93.5 Å². The van der Waals surface area contributed by atoms with Crippen molar-refractivity contribution in [3.8, 4) is 11.5 Å². The predicted octanol–water partition coefficient (Wildman–Crippen LogP) is 5.71. The zero-order valence-corrected chi connectivity index (χ0v) is 16.2. The van der Waals surface area contributed by atoms with Crippen molar-refractivity contribution in [2.75, 3.05) is 5.32 Å². The number of carbonyl (C=O) groups excluding carboxylic acids is 1. The van der Waals surface area contributed by atoms with Gasteiger partial charge in [-0.2, -0.15) is 0 Å². The molecule has 1 amide bonds. The lowest BCUT2D eigenvalue weighted by atomic mass is 10.1. The zero-order valence-electron chi connectivity index (χ0n) is 15.4. The Kier molecular flexibility index (Phi) is 5.28. The number of benzene rings is 3. The number of amides is 1. The fourth-order valence-corrected chi connectivity index (χ4v) is 3.07. The first-order chi connectivity index (χ1) is 14.5. The first-order valence-electron chi connectivity index (χ1n) is 8.89. The van der Waals surface area contributed by atoms with Crippen molar-refractivity contribution in [2.45, 2.75) is 0 Å². The molecule has 0 aliphatic heterocycles. The molecule has 0 saturated carbocycles. The minimum Gasteiger partial charge on any atom is -0.436 e. The van der Waals surface area contributed by atoms with E-state index in [4.69, 9.17) is 16.0 Å². The minimum atomic E-state index is -0.493. The molecule has 0 atom stereocenters. The normalized spacial score (nSPS) is 11.1. The number of carbonyl (C=O) groups is 1. The molecule has 0 aliphatic rings. The Bertz CT molecular complexity index is 1300. The van der Waals surface area contributed by atoms with Crippen molar-refractivity contribution >= 4 is 46.1 Å². The second-order valence-corrected chi connectivity index (χ2v) is 6.73. The van der Waals surface area contributed by atoms with Gasteiger partial charge in [0, 0.05) is 23.2 Å². The SMILES string of the molecule is O=C(C=Cc1ccccc1Cl)Nc1ccccc1-c1nc2cc([N+](=O)[O-])ccc2o1. The Hall–Kier alpha value is -3.97. The van der Waals surface area contributed by atoms with Gasteiger partial charge in [-0.3, -0.25) is 14.9 Å². The number of fused-ring (bicyclic) bond motifs is 1. The Morgan fingerprint density at radius 2 is 1.87 bits per heavy atom. The number of hydrogen-bond acceptors (Lipinski definition) is 5. The maximum absolute atomic E-state index is 12.4. The largest absolute Gasteiger partial charge is 0.436 e. The average Bonchev–Trinajstić information content (AvgIpc) is 3.16. The molecule has 0 radical (unpaired) electrons. The van der Waals surface area contributed by atoms with Gasteiger partial charge in [-0.05, 0) is 35.9 Å². The molecule has 4 aromatic rings. The summed E-state index contributed by atoms with van der Waals surface area (Å²) in [6, 6.07) is 18.4. The van der Waals surface area contributed by atoms with Gasteiger partial charge in [-0.25, -0.2) is 4.98 Å². The van der Waals surface area contributed by atoms with Gasteiger partial charge in [0.15, 0.2) is 5.58 Å². The number of nitro groups is 1. The van der Waals surface area contributed by atoms with Crippen molar-refractivity contribution in [2.24, 2.45) is 0 Å². The number of non-ortho nitro benzene ring substituents is 1. The number of rotatable bonds is 5. The molecule has 0 bridgehead atoms. The fourth-order valence-electron chi connectivity index (χ4n) is 2.87. The summed E-state index contributed by atoms with van der Waals surface area (Å²) in [5.74, 6) is -0.106. The molecule has 1 aromatic heterocycles. The van der Waals surface area contributed by atoms with Gasteiger partial charge in [0.2, 0.25) is 11.8 Å². The molecule has 0 aliphatic carbocycles. The second-order valence-electron chi connectivity index (χ2n) is 6.32. The number of para-hydroxylation sites is 1. The van der Waals surface area contributed by atoms with E-state index in [-0.39, 0.29) is 17.5 Å². The lowest BCUT2D eigenvalue weighted by molar-refractivity contribution is -0.384. The van der Waals surface area contributed by atoms with E-state index >= 15 is 0 Å². The second kappa shape index (κ2) is 8.18. The molecule has 148 valence electrons. The Labute approximate surface area is 175 Å². The number of aromatic nitrogens is 1. The average molecular weight is 420 g/mol. The lowest BCUT2D eigenvalue weighted by Gasteiger charge is -2.06. The van der Waals surface area contributed by atoms with Gasteiger partial charge in [0.25, 0.3) is 5.69 Å². The van der Waals surface area contributed by atoms with E-state index in [1.165, 1.54) is 24.3 Å². The van der Waals surface area contributed by atoms with Crippen LogP contribution in [0.5, 0.6) is 0 Å². The molecule has 8 heteroatoms. The fraction of sp³-hybridized carbons (Fsp3) is 0. The van der Waals surface area contributed by atoms with E-state index in [9.17, 15) is 14.9 Å². The van der Waals surface area contributed by atoms with E-state index in [2.05, 4.69) is 10.3 Å². The van der Waals surface area contributed by atoms with Crippen molar-refractivity contribution in [1.29, 1.82) is 0 Å². The van der Waals surface area contributed by atoms with E-state index in [1.807, 2.05) is 12.1 Å². The third kappa shape index (κ3) is 4.06. The summed E-state index contributed by atoms with van der Waals surface area (Å²) in [5, 5.41) is 14.3. The molecular weight excluding hydrogens is 406 g/mol. The van der Waals surface area contributed by atoms with Crippen molar-refractivity contribution < 1.29 is 14.1 Å². The highest BCUT2D eigenvalue weighted by Crippen LogP contribution is 2.31. The van der Waals surface area contributed by atoms with E-state index in [1.54, 1.807) is 42.5 Å². The molecule has 3 aromatic carbocycles. The van der Waals surface area contributed by atoms with Crippen LogP contribution < -0.4 is 5.32 Å².